The number of carboxylic acid groups (broad SMARTS) is 1. The lowest BCUT2D eigenvalue weighted by atomic mass is 10.1. The monoisotopic (exact) mass is 382 g/mol. The lowest BCUT2D eigenvalue weighted by molar-refractivity contribution is -0.143. The zero-order valence-electron chi connectivity index (χ0n) is 14.9. The first-order valence-electron chi connectivity index (χ1n) is 8.66. The maximum absolute atomic E-state index is 12.6. The standard InChI is InChI=1S/C18H23ClN2O5/c1-11-18(24)21-5-3-4-13(21)9-20(11)8-12-6-14(19)17(15(7-12)25-2)26-10-16(22)23/h6-7,11,13H,3-5,8-10H2,1-2H3,(H,22,23)/t11-,13-/m0/s1. The number of carbonyl (C=O) groups is 2. The van der Waals surface area contributed by atoms with Crippen LogP contribution in [0.3, 0.4) is 0 Å². The number of methoxy groups -OCH3 is 1. The highest BCUT2D eigenvalue weighted by Gasteiger charge is 2.40. The van der Waals surface area contributed by atoms with Gasteiger partial charge in [-0.3, -0.25) is 9.69 Å². The molecule has 1 aromatic rings. The normalized spacial score (nSPS) is 23.0. The van der Waals surface area contributed by atoms with Gasteiger partial charge in [0.05, 0.1) is 18.2 Å². The molecule has 2 atom stereocenters. The Morgan fingerprint density at radius 1 is 1.42 bits per heavy atom. The molecule has 7 nitrogen and oxygen atoms in total. The number of fused-ring (bicyclic) bond motifs is 1. The molecule has 142 valence electrons. The molecule has 1 aromatic carbocycles. The summed E-state index contributed by atoms with van der Waals surface area (Å²) in [6, 6.07) is 3.62. The predicted octanol–water partition coefficient (Wildman–Crippen LogP) is 2.01. The Labute approximate surface area is 157 Å². The lowest BCUT2D eigenvalue weighted by Gasteiger charge is -2.41. The fraction of sp³-hybridized carbons (Fsp3) is 0.556. The molecule has 2 aliphatic heterocycles. The molecular weight excluding hydrogens is 360 g/mol. The first-order chi connectivity index (χ1) is 12.4. The number of ether oxygens (including phenoxy) is 2. The number of hydrogen-bond donors (Lipinski definition) is 1. The molecule has 3 rings (SSSR count). The average Bonchev–Trinajstić information content (AvgIpc) is 3.06. The van der Waals surface area contributed by atoms with E-state index in [0.29, 0.717) is 17.3 Å². The highest BCUT2D eigenvalue weighted by Crippen LogP contribution is 2.37. The largest absolute Gasteiger partial charge is 0.493 e. The van der Waals surface area contributed by atoms with E-state index in [1.54, 1.807) is 12.1 Å². The van der Waals surface area contributed by atoms with E-state index in [0.717, 1.165) is 31.5 Å². The van der Waals surface area contributed by atoms with Gasteiger partial charge in [0.2, 0.25) is 5.91 Å². The molecule has 0 spiro atoms. The minimum absolute atomic E-state index is 0.179. The average molecular weight is 383 g/mol. The van der Waals surface area contributed by atoms with Crippen molar-refractivity contribution in [3.8, 4) is 11.5 Å². The Balaban J connectivity index is 1.78. The van der Waals surface area contributed by atoms with E-state index in [4.69, 9.17) is 26.2 Å². The van der Waals surface area contributed by atoms with Crippen LogP contribution in [0.25, 0.3) is 0 Å². The van der Waals surface area contributed by atoms with E-state index < -0.39 is 12.6 Å². The van der Waals surface area contributed by atoms with Crippen LogP contribution in [0.15, 0.2) is 12.1 Å². The summed E-state index contributed by atoms with van der Waals surface area (Å²) in [6.07, 6.45) is 2.10. The third-order valence-corrected chi connectivity index (χ3v) is 5.31. The number of hydrogen-bond acceptors (Lipinski definition) is 5. The van der Waals surface area contributed by atoms with Crippen molar-refractivity contribution < 1.29 is 24.2 Å². The van der Waals surface area contributed by atoms with E-state index in [2.05, 4.69) is 4.90 Å². The summed E-state index contributed by atoms with van der Waals surface area (Å²) < 4.78 is 10.5. The highest BCUT2D eigenvalue weighted by molar-refractivity contribution is 6.32. The van der Waals surface area contributed by atoms with Gasteiger partial charge in [0.15, 0.2) is 18.1 Å². The van der Waals surface area contributed by atoms with Crippen LogP contribution < -0.4 is 9.47 Å². The van der Waals surface area contributed by atoms with Crippen molar-refractivity contribution >= 4 is 23.5 Å². The van der Waals surface area contributed by atoms with Crippen molar-refractivity contribution in [1.82, 2.24) is 9.80 Å². The fourth-order valence-electron chi connectivity index (χ4n) is 3.72. The maximum atomic E-state index is 12.6. The number of halogens is 1. The van der Waals surface area contributed by atoms with Gasteiger partial charge in [-0.1, -0.05) is 11.6 Å². The van der Waals surface area contributed by atoms with Crippen molar-refractivity contribution in [2.75, 3.05) is 26.8 Å². The van der Waals surface area contributed by atoms with Gasteiger partial charge in [0.25, 0.3) is 0 Å². The topological polar surface area (TPSA) is 79.3 Å². The van der Waals surface area contributed by atoms with Gasteiger partial charge in [-0.2, -0.15) is 0 Å². The number of piperazine rings is 1. The summed E-state index contributed by atoms with van der Waals surface area (Å²) in [5.74, 6) is -0.315. The van der Waals surface area contributed by atoms with Crippen LogP contribution in [-0.4, -0.2) is 65.7 Å². The van der Waals surface area contributed by atoms with E-state index in [9.17, 15) is 9.59 Å². The molecule has 2 aliphatic rings. The van der Waals surface area contributed by atoms with E-state index in [-0.39, 0.29) is 23.7 Å². The van der Waals surface area contributed by atoms with Gasteiger partial charge in [0, 0.05) is 25.7 Å². The number of amides is 1. The van der Waals surface area contributed by atoms with Gasteiger partial charge in [-0.25, -0.2) is 4.79 Å². The summed E-state index contributed by atoms with van der Waals surface area (Å²) in [6.45, 7) is 3.69. The molecule has 0 unspecified atom stereocenters. The van der Waals surface area contributed by atoms with Crippen LogP contribution in [0.4, 0.5) is 0 Å². The molecule has 2 heterocycles. The Morgan fingerprint density at radius 2 is 2.19 bits per heavy atom. The van der Waals surface area contributed by atoms with Gasteiger partial charge >= 0.3 is 5.97 Å². The van der Waals surface area contributed by atoms with Crippen LogP contribution in [0.5, 0.6) is 11.5 Å². The predicted molar refractivity (Wildman–Crippen MR) is 95.7 cm³/mol. The summed E-state index contributed by atoms with van der Waals surface area (Å²) in [5.41, 5.74) is 0.889. The maximum Gasteiger partial charge on any atom is 0.341 e. The molecule has 0 saturated carbocycles. The molecule has 0 radical (unpaired) electrons. The number of rotatable bonds is 6. The van der Waals surface area contributed by atoms with Gasteiger partial charge < -0.3 is 19.5 Å². The van der Waals surface area contributed by atoms with Crippen molar-refractivity contribution in [3.05, 3.63) is 22.7 Å². The van der Waals surface area contributed by atoms with E-state index in [1.165, 1.54) is 7.11 Å². The smallest absolute Gasteiger partial charge is 0.341 e. The first-order valence-corrected chi connectivity index (χ1v) is 9.04. The van der Waals surface area contributed by atoms with Gasteiger partial charge in [-0.05, 0) is 37.5 Å². The molecule has 1 N–H and O–H groups in total. The number of nitrogens with zero attached hydrogens (tertiary/aromatic N) is 2. The quantitative estimate of drug-likeness (QED) is 0.810. The van der Waals surface area contributed by atoms with E-state index >= 15 is 0 Å². The Kier molecular flexibility index (Phi) is 5.58. The second-order valence-electron chi connectivity index (χ2n) is 6.72. The summed E-state index contributed by atoms with van der Waals surface area (Å²) in [4.78, 5) is 27.4. The fourth-order valence-corrected chi connectivity index (χ4v) is 4.00. The molecule has 0 aliphatic carbocycles. The minimum Gasteiger partial charge on any atom is -0.493 e. The summed E-state index contributed by atoms with van der Waals surface area (Å²) in [7, 11) is 1.48. The van der Waals surface area contributed by atoms with Gasteiger partial charge in [-0.15, -0.1) is 0 Å². The van der Waals surface area contributed by atoms with Crippen LogP contribution in [0, 0.1) is 0 Å². The molecular formula is C18H23ClN2O5. The number of aliphatic carboxylic acids is 1. The Morgan fingerprint density at radius 3 is 2.88 bits per heavy atom. The summed E-state index contributed by atoms with van der Waals surface area (Å²) >= 11 is 6.28. The summed E-state index contributed by atoms with van der Waals surface area (Å²) in [5, 5.41) is 9.07. The zero-order chi connectivity index (χ0) is 18.8. The SMILES string of the molecule is COc1cc(CN2C[C@@H]3CCCN3C(=O)[C@@H]2C)cc(Cl)c1OCC(=O)O. The number of carbonyl (C=O) groups excluding carboxylic acids is 1. The number of carboxylic acids is 1. The molecule has 1 amide bonds. The molecule has 2 saturated heterocycles. The van der Waals surface area contributed by atoms with Crippen LogP contribution in [0.2, 0.25) is 5.02 Å². The highest BCUT2D eigenvalue weighted by atomic mass is 35.5. The van der Waals surface area contributed by atoms with Crippen molar-refractivity contribution in [2.45, 2.75) is 38.4 Å². The minimum atomic E-state index is -1.09. The number of benzene rings is 1. The van der Waals surface area contributed by atoms with Crippen LogP contribution in [0.1, 0.15) is 25.3 Å². The second-order valence-corrected chi connectivity index (χ2v) is 7.13. The molecule has 8 heteroatoms. The molecule has 0 aromatic heterocycles. The second kappa shape index (κ2) is 7.72. The third kappa shape index (κ3) is 3.73. The Hall–Kier alpha value is -1.99. The molecule has 0 bridgehead atoms. The molecule has 26 heavy (non-hydrogen) atoms. The van der Waals surface area contributed by atoms with Crippen molar-refractivity contribution in [3.63, 3.8) is 0 Å². The van der Waals surface area contributed by atoms with Crippen molar-refractivity contribution in [1.29, 1.82) is 0 Å². The van der Waals surface area contributed by atoms with Crippen LogP contribution in [-0.2, 0) is 16.1 Å². The zero-order valence-corrected chi connectivity index (χ0v) is 15.7. The first kappa shape index (κ1) is 18.8. The Bertz CT molecular complexity index is 711. The molecule has 2 fully saturated rings. The van der Waals surface area contributed by atoms with E-state index in [1.807, 2.05) is 11.8 Å². The third-order valence-electron chi connectivity index (χ3n) is 5.03. The van der Waals surface area contributed by atoms with Gasteiger partial charge in [0.1, 0.15) is 0 Å². The van der Waals surface area contributed by atoms with Crippen LogP contribution >= 0.6 is 11.6 Å². The van der Waals surface area contributed by atoms with Crippen molar-refractivity contribution in [2.24, 2.45) is 0 Å². The lowest BCUT2D eigenvalue weighted by Crippen LogP contribution is -2.58.